The summed E-state index contributed by atoms with van der Waals surface area (Å²) in [4.78, 5) is 0. The molecule has 0 aliphatic heterocycles. The summed E-state index contributed by atoms with van der Waals surface area (Å²) >= 11 is 0. The highest BCUT2D eigenvalue weighted by Crippen LogP contribution is 2.20. The van der Waals surface area contributed by atoms with Gasteiger partial charge in [0.2, 0.25) is 0 Å². The maximum absolute atomic E-state index is 13.5. The summed E-state index contributed by atoms with van der Waals surface area (Å²) in [6.07, 6.45) is 1.70. The van der Waals surface area contributed by atoms with Crippen molar-refractivity contribution in [1.29, 1.82) is 0 Å². The van der Waals surface area contributed by atoms with Crippen molar-refractivity contribution in [1.82, 2.24) is 5.32 Å². The van der Waals surface area contributed by atoms with Crippen LogP contribution in [0, 0.1) is 17.6 Å². The molecule has 0 saturated carbocycles. The second-order valence-electron chi connectivity index (χ2n) is 5.16. The van der Waals surface area contributed by atoms with Gasteiger partial charge >= 0.3 is 0 Å². The van der Waals surface area contributed by atoms with Crippen molar-refractivity contribution >= 4 is 0 Å². The van der Waals surface area contributed by atoms with Gasteiger partial charge in [-0.2, -0.15) is 0 Å². The predicted octanol–water partition coefficient (Wildman–Crippen LogP) is 3.76. The van der Waals surface area contributed by atoms with E-state index in [1.807, 2.05) is 0 Å². The van der Waals surface area contributed by atoms with Crippen LogP contribution in [0.5, 0.6) is 5.75 Å². The minimum absolute atomic E-state index is 0.0938. The monoisotopic (exact) mass is 271 g/mol. The summed E-state index contributed by atoms with van der Waals surface area (Å²) in [7, 11) is 0. The molecule has 0 fully saturated rings. The van der Waals surface area contributed by atoms with E-state index in [0.29, 0.717) is 12.5 Å². The Morgan fingerprint density at radius 1 is 1.21 bits per heavy atom. The van der Waals surface area contributed by atoms with Gasteiger partial charge in [0, 0.05) is 12.6 Å². The van der Waals surface area contributed by atoms with E-state index in [4.69, 9.17) is 4.74 Å². The second-order valence-corrected chi connectivity index (χ2v) is 5.16. The van der Waals surface area contributed by atoms with Gasteiger partial charge in [-0.1, -0.05) is 27.2 Å². The molecule has 1 aromatic rings. The van der Waals surface area contributed by atoms with Crippen molar-refractivity contribution in [3.63, 3.8) is 0 Å². The Labute approximate surface area is 114 Å². The van der Waals surface area contributed by atoms with Gasteiger partial charge in [0.1, 0.15) is 11.9 Å². The summed E-state index contributed by atoms with van der Waals surface area (Å²) in [5.41, 5.74) is 0. The molecule has 0 heterocycles. The standard InChI is InChI=1S/C15H23F2NO/c1-4-5-13(10-18-9-11(2)3)19-15-7-6-12(16)8-14(15)17/h6-8,11,13,18H,4-5,9-10H2,1-3H3. The molecule has 0 spiro atoms. The number of benzene rings is 1. The fraction of sp³-hybridized carbons (Fsp3) is 0.600. The lowest BCUT2D eigenvalue weighted by atomic mass is 10.2. The highest BCUT2D eigenvalue weighted by Gasteiger charge is 2.13. The highest BCUT2D eigenvalue weighted by atomic mass is 19.1. The Hall–Kier alpha value is -1.16. The fourth-order valence-corrected chi connectivity index (χ4v) is 1.81. The van der Waals surface area contributed by atoms with Crippen LogP contribution in [0.3, 0.4) is 0 Å². The van der Waals surface area contributed by atoms with E-state index >= 15 is 0 Å². The van der Waals surface area contributed by atoms with Crippen molar-refractivity contribution in [3.8, 4) is 5.75 Å². The van der Waals surface area contributed by atoms with Crippen LogP contribution in [0.25, 0.3) is 0 Å². The largest absolute Gasteiger partial charge is 0.486 e. The van der Waals surface area contributed by atoms with Crippen molar-refractivity contribution < 1.29 is 13.5 Å². The van der Waals surface area contributed by atoms with E-state index in [0.717, 1.165) is 25.5 Å². The quantitative estimate of drug-likeness (QED) is 0.777. The van der Waals surface area contributed by atoms with Crippen LogP contribution in [0.15, 0.2) is 18.2 Å². The Morgan fingerprint density at radius 2 is 1.95 bits per heavy atom. The molecule has 0 amide bonds. The van der Waals surface area contributed by atoms with Gasteiger partial charge in [-0.25, -0.2) is 8.78 Å². The molecule has 1 rings (SSSR count). The topological polar surface area (TPSA) is 21.3 Å². The number of rotatable bonds is 8. The molecule has 1 atom stereocenters. The van der Waals surface area contributed by atoms with Crippen molar-refractivity contribution in [3.05, 3.63) is 29.8 Å². The van der Waals surface area contributed by atoms with Crippen LogP contribution in [0.4, 0.5) is 8.78 Å². The molecule has 108 valence electrons. The second kappa shape index (κ2) is 8.10. The van der Waals surface area contributed by atoms with Gasteiger partial charge < -0.3 is 10.1 Å². The van der Waals surface area contributed by atoms with Crippen molar-refractivity contribution in [2.75, 3.05) is 13.1 Å². The molecule has 19 heavy (non-hydrogen) atoms. The first-order chi connectivity index (χ1) is 9.02. The minimum atomic E-state index is -0.648. The first kappa shape index (κ1) is 15.9. The van der Waals surface area contributed by atoms with E-state index in [1.165, 1.54) is 12.1 Å². The fourth-order valence-electron chi connectivity index (χ4n) is 1.81. The number of nitrogens with one attached hydrogen (secondary N) is 1. The summed E-state index contributed by atoms with van der Waals surface area (Å²) in [5.74, 6) is -0.559. The van der Waals surface area contributed by atoms with Gasteiger partial charge in [0.25, 0.3) is 0 Å². The zero-order valence-electron chi connectivity index (χ0n) is 11.9. The first-order valence-electron chi connectivity index (χ1n) is 6.85. The molecule has 0 aromatic heterocycles. The van der Waals surface area contributed by atoms with Gasteiger partial charge in [-0.3, -0.25) is 0 Å². The summed E-state index contributed by atoms with van der Waals surface area (Å²) in [6.45, 7) is 7.88. The molecule has 1 N–H and O–H groups in total. The number of hydrogen-bond acceptors (Lipinski definition) is 2. The van der Waals surface area contributed by atoms with Gasteiger partial charge in [-0.05, 0) is 31.0 Å². The number of ether oxygens (including phenoxy) is 1. The molecule has 0 saturated heterocycles. The van der Waals surface area contributed by atoms with Gasteiger partial charge in [-0.15, -0.1) is 0 Å². The van der Waals surface area contributed by atoms with Crippen LogP contribution < -0.4 is 10.1 Å². The third-order valence-electron chi connectivity index (χ3n) is 2.72. The maximum Gasteiger partial charge on any atom is 0.167 e. The van der Waals surface area contributed by atoms with Crippen LogP contribution in [-0.4, -0.2) is 19.2 Å². The van der Waals surface area contributed by atoms with E-state index in [9.17, 15) is 8.78 Å². The van der Waals surface area contributed by atoms with E-state index in [-0.39, 0.29) is 11.9 Å². The zero-order chi connectivity index (χ0) is 14.3. The molecular formula is C15H23F2NO. The van der Waals surface area contributed by atoms with E-state index in [2.05, 4.69) is 26.1 Å². The summed E-state index contributed by atoms with van der Waals surface area (Å²) in [5, 5.41) is 3.30. The molecule has 0 bridgehead atoms. The molecule has 0 aliphatic carbocycles. The maximum atomic E-state index is 13.5. The number of halogens is 2. The summed E-state index contributed by atoms with van der Waals surface area (Å²) in [6, 6.07) is 3.40. The molecule has 0 radical (unpaired) electrons. The van der Waals surface area contributed by atoms with Crippen LogP contribution in [-0.2, 0) is 0 Å². The third-order valence-corrected chi connectivity index (χ3v) is 2.72. The third kappa shape index (κ3) is 6.01. The van der Waals surface area contributed by atoms with Crippen LogP contribution in [0.1, 0.15) is 33.6 Å². The molecule has 1 unspecified atom stereocenters. The van der Waals surface area contributed by atoms with Crippen LogP contribution >= 0.6 is 0 Å². The molecule has 2 nitrogen and oxygen atoms in total. The van der Waals surface area contributed by atoms with Gasteiger partial charge in [0.05, 0.1) is 0 Å². The molecule has 1 aromatic carbocycles. The Morgan fingerprint density at radius 3 is 2.53 bits per heavy atom. The highest BCUT2D eigenvalue weighted by molar-refractivity contribution is 5.24. The lowest BCUT2D eigenvalue weighted by Crippen LogP contribution is -2.33. The molecule has 4 heteroatoms. The smallest absolute Gasteiger partial charge is 0.167 e. The average Bonchev–Trinajstić information content (AvgIpc) is 2.32. The van der Waals surface area contributed by atoms with Crippen molar-refractivity contribution in [2.24, 2.45) is 5.92 Å². The minimum Gasteiger partial charge on any atom is -0.486 e. The molecular weight excluding hydrogens is 248 g/mol. The average molecular weight is 271 g/mol. The SMILES string of the molecule is CCCC(CNCC(C)C)Oc1ccc(F)cc1F. The summed E-state index contributed by atoms with van der Waals surface area (Å²) < 4.78 is 32.0. The normalized spacial score (nSPS) is 12.7. The lowest BCUT2D eigenvalue weighted by Gasteiger charge is -2.20. The first-order valence-corrected chi connectivity index (χ1v) is 6.85. The number of hydrogen-bond donors (Lipinski definition) is 1. The molecule has 0 aliphatic rings. The van der Waals surface area contributed by atoms with E-state index < -0.39 is 11.6 Å². The Balaban J connectivity index is 2.56. The van der Waals surface area contributed by atoms with E-state index in [1.54, 1.807) is 0 Å². The van der Waals surface area contributed by atoms with Crippen molar-refractivity contribution in [2.45, 2.75) is 39.7 Å². The Bertz CT molecular complexity index is 382. The Kier molecular flexibility index (Phi) is 6.78. The zero-order valence-corrected chi connectivity index (χ0v) is 11.9. The lowest BCUT2D eigenvalue weighted by molar-refractivity contribution is 0.177. The van der Waals surface area contributed by atoms with Crippen LogP contribution in [0.2, 0.25) is 0 Å². The van der Waals surface area contributed by atoms with Gasteiger partial charge in [0.15, 0.2) is 11.6 Å². The predicted molar refractivity (Wildman–Crippen MR) is 73.4 cm³/mol.